The van der Waals surface area contributed by atoms with E-state index in [4.69, 9.17) is 0 Å². The van der Waals surface area contributed by atoms with Crippen LogP contribution >= 0.6 is 15.9 Å². The minimum atomic E-state index is -0.0758. The fourth-order valence-corrected chi connectivity index (χ4v) is 3.14. The standard InChI is InChI=1S/C15H17BrN4O/c1-20-9-10(6-18-20)13-7-17-8-14(13)15(21)19-12-4-2-3-11(16)5-12/h2-6,9,13-14,17H,7-8H2,1H3,(H,19,21)/t13-,14+/m1/s1. The minimum Gasteiger partial charge on any atom is -0.326 e. The van der Waals surface area contributed by atoms with Crippen LogP contribution in [0.25, 0.3) is 0 Å². The third-order valence-corrected chi connectivity index (χ3v) is 4.29. The molecule has 0 spiro atoms. The van der Waals surface area contributed by atoms with Crippen molar-refractivity contribution in [3.05, 3.63) is 46.7 Å². The molecule has 2 heterocycles. The van der Waals surface area contributed by atoms with E-state index in [1.54, 1.807) is 4.68 Å². The Morgan fingerprint density at radius 2 is 2.33 bits per heavy atom. The van der Waals surface area contributed by atoms with Gasteiger partial charge >= 0.3 is 0 Å². The molecule has 1 saturated heterocycles. The van der Waals surface area contributed by atoms with Crippen molar-refractivity contribution < 1.29 is 4.79 Å². The number of benzene rings is 1. The zero-order valence-corrected chi connectivity index (χ0v) is 13.3. The Balaban J connectivity index is 1.74. The first kappa shape index (κ1) is 14.3. The van der Waals surface area contributed by atoms with Crippen molar-refractivity contribution in [2.24, 2.45) is 13.0 Å². The van der Waals surface area contributed by atoms with E-state index in [0.717, 1.165) is 22.3 Å². The van der Waals surface area contributed by atoms with E-state index in [0.29, 0.717) is 6.54 Å². The van der Waals surface area contributed by atoms with E-state index >= 15 is 0 Å². The van der Waals surface area contributed by atoms with Crippen molar-refractivity contribution in [3.63, 3.8) is 0 Å². The highest BCUT2D eigenvalue weighted by Crippen LogP contribution is 2.29. The Hall–Kier alpha value is -1.66. The number of aryl methyl sites for hydroxylation is 1. The van der Waals surface area contributed by atoms with Gasteiger partial charge in [0.25, 0.3) is 0 Å². The van der Waals surface area contributed by atoms with Crippen LogP contribution < -0.4 is 10.6 Å². The predicted octanol–water partition coefficient (Wildman–Crippen LogP) is 2.12. The fraction of sp³-hybridized carbons (Fsp3) is 0.333. The molecule has 2 aromatic rings. The van der Waals surface area contributed by atoms with Gasteiger partial charge in [-0.15, -0.1) is 0 Å². The average Bonchev–Trinajstić information content (AvgIpc) is 3.06. The summed E-state index contributed by atoms with van der Waals surface area (Å²) in [6.07, 6.45) is 3.83. The summed E-state index contributed by atoms with van der Waals surface area (Å²) in [5.41, 5.74) is 1.92. The van der Waals surface area contributed by atoms with Crippen molar-refractivity contribution in [2.75, 3.05) is 18.4 Å². The van der Waals surface area contributed by atoms with Crippen LogP contribution in [0.2, 0.25) is 0 Å². The molecule has 0 bridgehead atoms. The van der Waals surface area contributed by atoms with Crippen LogP contribution in [0, 0.1) is 5.92 Å². The highest BCUT2D eigenvalue weighted by atomic mass is 79.9. The summed E-state index contributed by atoms with van der Waals surface area (Å²) < 4.78 is 2.73. The summed E-state index contributed by atoms with van der Waals surface area (Å²) in [5.74, 6) is 0.144. The molecule has 0 saturated carbocycles. The van der Waals surface area contributed by atoms with Gasteiger partial charge in [0, 0.05) is 42.4 Å². The second kappa shape index (κ2) is 5.99. The molecule has 6 heteroatoms. The van der Waals surface area contributed by atoms with Gasteiger partial charge in [0.05, 0.1) is 12.1 Å². The largest absolute Gasteiger partial charge is 0.326 e. The normalized spacial score (nSPS) is 21.4. The Kier molecular flexibility index (Phi) is 4.07. The lowest BCUT2D eigenvalue weighted by Crippen LogP contribution is -2.28. The number of carbonyl (C=O) groups is 1. The van der Waals surface area contributed by atoms with Crippen molar-refractivity contribution in [1.29, 1.82) is 0 Å². The maximum absolute atomic E-state index is 12.5. The van der Waals surface area contributed by atoms with Crippen LogP contribution in [0.15, 0.2) is 41.1 Å². The summed E-state index contributed by atoms with van der Waals surface area (Å²) >= 11 is 3.41. The number of halogens is 1. The molecule has 2 atom stereocenters. The van der Waals surface area contributed by atoms with Crippen LogP contribution in [0.4, 0.5) is 5.69 Å². The first-order chi connectivity index (χ1) is 10.1. The minimum absolute atomic E-state index is 0.0481. The molecule has 1 aliphatic rings. The molecular formula is C15H17BrN4O. The molecule has 0 aliphatic carbocycles. The van der Waals surface area contributed by atoms with Crippen molar-refractivity contribution >= 4 is 27.5 Å². The van der Waals surface area contributed by atoms with E-state index in [1.807, 2.05) is 43.7 Å². The van der Waals surface area contributed by atoms with Gasteiger partial charge in [0.15, 0.2) is 0 Å². The van der Waals surface area contributed by atoms with Crippen molar-refractivity contribution in [3.8, 4) is 0 Å². The highest BCUT2D eigenvalue weighted by molar-refractivity contribution is 9.10. The molecule has 21 heavy (non-hydrogen) atoms. The Labute approximate surface area is 131 Å². The van der Waals surface area contributed by atoms with Gasteiger partial charge in [-0.3, -0.25) is 9.48 Å². The van der Waals surface area contributed by atoms with Crippen LogP contribution in [-0.4, -0.2) is 28.8 Å². The molecule has 1 amide bonds. The molecule has 110 valence electrons. The topological polar surface area (TPSA) is 59.0 Å². The highest BCUT2D eigenvalue weighted by Gasteiger charge is 2.34. The quantitative estimate of drug-likeness (QED) is 0.893. The number of hydrogen-bond donors (Lipinski definition) is 2. The van der Waals surface area contributed by atoms with Gasteiger partial charge in [-0.1, -0.05) is 22.0 Å². The summed E-state index contributed by atoms with van der Waals surface area (Å²) in [6.45, 7) is 1.50. The molecule has 3 rings (SSSR count). The summed E-state index contributed by atoms with van der Waals surface area (Å²) in [6, 6.07) is 7.64. The molecule has 5 nitrogen and oxygen atoms in total. The van der Waals surface area contributed by atoms with Gasteiger partial charge in [-0.2, -0.15) is 5.10 Å². The third kappa shape index (κ3) is 3.16. The summed E-state index contributed by atoms with van der Waals surface area (Å²) in [5, 5.41) is 10.5. The number of amides is 1. The summed E-state index contributed by atoms with van der Waals surface area (Å²) in [7, 11) is 1.89. The van der Waals surface area contributed by atoms with Gasteiger partial charge in [-0.25, -0.2) is 0 Å². The first-order valence-corrected chi connectivity index (χ1v) is 7.68. The van der Waals surface area contributed by atoms with Gasteiger partial charge in [0.2, 0.25) is 5.91 Å². The van der Waals surface area contributed by atoms with E-state index in [1.165, 1.54) is 0 Å². The average molecular weight is 349 g/mol. The van der Waals surface area contributed by atoms with Crippen LogP contribution in [0.1, 0.15) is 11.5 Å². The monoisotopic (exact) mass is 348 g/mol. The first-order valence-electron chi connectivity index (χ1n) is 6.89. The summed E-state index contributed by atoms with van der Waals surface area (Å²) in [4.78, 5) is 12.5. The maximum Gasteiger partial charge on any atom is 0.229 e. The zero-order valence-electron chi connectivity index (χ0n) is 11.7. The van der Waals surface area contributed by atoms with Gasteiger partial charge in [0.1, 0.15) is 0 Å². The zero-order chi connectivity index (χ0) is 14.8. The lowest BCUT2D eigenvalue weighted by molar-refractivity contribution is -0.119. The molecule has 0 radical (unpaired) electrons. The van der Waals surface area contributed by atoms with E-state index in [9.17, 15) is 4.79 Å². The third-order valence-electron chi connectivity index (χ3n) is 3.80. The number of rotatable bonds is 3. The fourth-order valence-electron chi connectivity index (χ4n) is 2.74. The van der Waals surface area contributed by atoms with E-state index in [-0.39, 0.29) is 17.7 Å². The van der Waals surface area contributed by atoms with Crippen LogP contribution in [0.3, 0.4) is 0 Å². The van der Waals surface area contributed by atoms with Crippen LogP contribution in [0.5, 0.6) is 0 Å². The van der Waals surface area contributed by atoms with Gasteiger partial charge in [-0.05, 0) is 23.8 Å². The van der Waals surface area contributed by atoms with Crippen molar-refractivity contribution in [1.82, 2.24) is 15.1 Å². The SMILES string of the molecule is Cn1cc([C@H]2CNC[C@@H]2C(=O)Nc2cccc(Br)c2)cn1. The Morgan fingerprint density at radius 3 is 3.05 bits per heavy atom. The number of carbonyl (C=O) groups excluding carboxylic acids is 1. The molecule has 1 aliphatic heterocycles. The Bertz CT molecular complexity index is 655. The number of nitrogens with one attached hydrogen (secondary N) is 2. The van der Waals surface area contributed by atoms with E-state index in [2.05, 4.69) is 31.7 Å². The molecule has 1 fully saturated rings. The molecule has 1 aromatic heterocycles. The number of hydrogen-bond acceptors (Lipinski definition) is 3. The smallest absolute Gasteiger partial charge is 0.229 e. The van der Waals surface area contributed by atoms with Gasteiger partial charge < -0.3 is 10.6 Å². The second-order valence-corrected chi connectivity index (χ2v) is 6.23. The number of anilines is 1. The predicted molar refractivity (Wildman–Crippen MR) is 85.1 cm³/mol. The lowest BCUT2D eigenvalue weighted by atomic mass is 9.90. The van der Waals surface area contributed by atoms with Crippen molar-refractivity contribution in [2.45, 2.75) is 5.92 Å². The Morgan fingerprint density at radius 1 is 1.48 bits per heavy atom. The molecule has 0 unspecified atom stereocenters. The number of aromatic nitrogens is 2. The molecule has 2 N–H and O–H groups in total. The second-order valence-electron chi connectivity index (χ2n) is 5.32. The van der Waals surface area contributed by atoms with Crippen LogP contribution in [-0.2, 0) is 11.8 Å². The maximum atomic E-state index is 12.5. The lowest BCUT2D eigenvalue weighted by Gasteiger charge is -2.17. The number of nitrogens with zero attached hydrogens (tertiary/aromatic N) is 2. The molecule has 1 aromatic carbocycles. The van der Waals surface area contributed by atoms with E-state index < -0.39 is 0 Å². The molecular weight excluding hydrogens is 332 g/mol.